The Morgan fingerprint density at radius 2 is 2.08 bits per heavy atom. The molecule has 1 aromatic carbocycles. The zero-order chi connectivity index (χ0) is 17.1. The molecule has 1 fully saturated rings. The normalized spacial score (nSPS) is 14.1. The second kappa shape index (κ2) is 7.49. The highest BCUT2D eigenvalue weighted by Crippen LogP contribution is 2.38. The second-order valence-electron chi connectivity index (χ2n) is 6.07. The number of aryl methyl sites for hydroxylation is 2. The fourth-order valence-corrected chi connectivity index (χ4v) is 3.74. The highest BCUT2D eigenvalue weighted by molar-refractivity contribution is 7.99. The van der Waals surface area contributed by atoms with Gasteiger partial charge in [0.2, 0.25) is 0 Å². The van der Waals surface area contributed by atoms with E-state index in [0.717, 1.165) is 42.0 Å². The maximum atomic E-state index is 12.7. The van der Waals surface area contributed by atoms with Crippen LogP contribution in [0.3, 0.4) is 0 Å². The van der Waals surface area contributed by atoms with Crippen molar-refractivity contribution in [2.45, 2.75) is 57.3 Å². The summed E-state index contributed by atoms with van der Waals surface area (Å²) < 4.78 is 1.99. The summed E-state index contributed by atoms with van der Waals surface area (Å²) in [5.74, 6) is 1.06. The molecule has 1 aliphatic rings. The van der Waals surface area contributed by atoms with Gasteiger partial charge in [0.05, 0.1) is 5.75 Å². The van der Waals surface area contributed by atoms with Crippen molar-refractivity contribution in [2.75, 3.05) is 5.75 Å². The molecule has 128 valence electrons. The maximum absolute atomic E-state index is 12.7. The van der Waals surface area contributed by atoms with Crippen molar-refractivity contribution in [3.05, 3.63) is 40.7 Å². The second-order valence-corrected chi connectivity index (χ2v) is 7.01. The minimum Gasteiger partial charge on any atom is -0.388 e. The van der Waals surface area contributed by atoms with Crippen LogP contribution in [0.5, 0.6) is 0 Å². The predicted molar refractivity (Wildman–Crippen MR) is 94.5 cm³/mol. The summed E-state index contributed by atoms with van der Waals surface area (Å²) in [6.45, 7) is 4.05. The maximum Gasteiger partial charge on any atom is 0.191 e. The lowest BCUT2D eigenvalue weighted by molar-refractivity contribution is 0.102. The molecule has 24 heavy (non-hydrogen) atoms. The lowest BCUT2D eigenvalue weighted by Gasteiger charge is -2.10. The molecule has 1 heterocycles. The lowest BCUT2D eigenvalue weighted by Crippen LogP contribution is -2.09. The van der Waals surface area contributed by atoms with Crippen molar-refractivity contribution < 1.29 is 9.90 Å². The van der Waals surface area contributed by atoms with E-state index < -0.39 is 0 Å². The number of aliphatic hydroxyl groups excluding tert-OH is 1. The molecule has 0 bridgehead atoms. The average molecular weight is 345 g/mol. The topological polar surface area (TPSA) is 68.0 Å². The quantitative estimate of drug-likeness (QED) is 0.588. The van der Waals surface area contributed by atoms with E-state index in [1.165, 1.54) is 17.3 Å². The van der Waals surface area contributed by atoms with Gasteiger partial charge in [-0.25, -0.2) is 0 Å². The molecule has 0 spiro atoms. The third-order valence-electron chi connectivity index (χ3n) is 4.38. The standard InChI is InChI=1S/C18H23N3O2S/c1-3-12-5-6-13(4-2)15(9-12)16(23)11-24-18-20-19-17(10-22)21(18)14-7-8-14/h5-6,9,14,22H,3-4,7-8,10-11H2,1-2H3. The van der Waals surface area contributed by atoms with Crippen molar-refractivity contribution in [2.24, 2.45) is 0 Å². The first kappa shape index (κ1) is 17.2. The highest BCUT2D eigenvalue weighted by atomic mass is 32.2. The third-order valence-corrected chi connectivity index (χ3v) is 5.33. The average Bonchev–Trinajstić information content (AvgIpc) is 3.38. The largest absolute Gasteiger partial charge is 0.388 e. The Kier molecular flexibility index (Phi) is 5.36. The number of carbonyl (C=O) groups excluding carboxylic acids is 1. The van der Waals surface area contributed by atoms with Gasteiger partial charge < -0.3 is 9.67 Å². The first-order valence-corrected chi connectivity index (χ1v) is 9.48. The molecular weight excluding hydrogens is 322 g/mol. The monoisotopic (exact) mass is 345 g/mol. The molecule has 0 radical (unpaired) electrons. The first-order chi connectivity index (χ1) is 11.7. The van der Waals surface area contributed by atoms with Gasteiger partial charge in [-0.15, -0.1) is 10.2 Å². The van der Waals surface area contributed by atoms with E-state index in [9.17, 15) is 9.90 Å². The number of aliphatic hydroxyl groups is 1. The van der Waals surface area contributed by atoms with Gasteiger partial charge in [0.25, 0.3) is 0 Å². The van der Waals surface area contributed by atoms with Crippen LogP contribution in [0.1, 0.15) is 60.0 Å². The van der Waals surface area contributed by atoms with E-state index >= 15 is 0 Å². The minimum absolute atomic E-state index is 0.115. The number of rotatable bonds is 8. The van der Waals surface area contributed by atoms with Crippen molar-refractivity contribution in [1.82, 2.24) is 14.8 Å². The van der Waals surface area contributed by atoms with Crippen LogP contribution in [0.4, 0.5) is 0 Å². The predicted octanol–water partition coefficient (Wildman–Crippen LogP) is 3.21. The number of aromatic nitrogens is 3. The van der Waals surface area contributed by atoms with Crippen LogP contribution < -0.4 is 0 Å². The number of hydrogen-bond acceptors (Lipinski definition) is 5. The van der Waals surface area contributed by atoms with E-state index in [1.54, 1.807) is 0 Å². The Morgan fingerprint density at radius 1 is 1.29 bits per heavy atom. The Hall–Kier alpha value is -1.66. The van der Waals surface area contributed by atoms with E-state index in [1.807, 2.05) is 10.6 Å². The number of benzene rings is 1. The van der Waals surface area contributed by atoms with Crippen LogP contribution in [-0.4, -0.2) is 31.4 Å². The summed E-state index contributed by atoms with van der Waals surface area (Å²) in [5.41, 5.74) is 3.10. The van der Waals surface area contributed by atoms with Gasteiger partial charge in [0, 0.05) is 11.6 Å². The van der Waals surface area contributed by atoms with Crippen LogP contribution in [-0.2, 0) is 19.4 Å². The van der Waals surface area contributed by atoms with Crippen molar-refractivity contribution in [1.29, 1.82) is 0 Å². The smallest absolute Gasteiger partial charge is 0.191 e. The molecule has 0 atom stereocenters. The Balaban J connectivity index is 1.75. The van der Waals surface area contributed by atoms with Gasteiger partial charge in [-0.3, -0.25) is 4.79 Å². The van der Waals surface area contributed by atoms with Crippen LogP contribution >= 0.6 is 11.8 Å². The molecule has 1 N–H and O–H groups in total. The molecule has 3 rings (SSSR count). The van der Waals surface area contributed by atoms with Crippen LogP contribution in [0.25, 0.3) is 0 Å². The van der Waals surface area contributed by atoms with Gasteiger partial charge >= 0.3 is 0 Å². The van der Waals surface area contributed by atoms with Crippen molar-refractivity contribution in [3.8, 4) is 0 Å². The Bertz CT molecular complexity index is 738. The first-order valence-electron chi connectivity index (χ1n) is 8.50. The summed E-state index contributed by atoms with van der Waals surface area (Å²) in [6.07, 6.45) is 3.95. The van der Waals surface area contributed by atoms with Crippen LogP contribution in [0.2, 0.25) is 0 Å². The number of Topliss-reactive ketones (excluding diaryl/α,β-unsaturated/α-hetero) is 1. The summed E-state index contributed by atoms with van der Waals surface area (Å²) in [5, 5.41) is 18.3. The number of hydrogen-bond donors (Lipinski definition) is 1. The fraction of sp³-hybridized carbons (Fsp3) is 0.500. The fourth-order valence-electron chi connectivity index (χ4n) is 2.83. The molecule has 0 saturated heterocycles. The van der Waals surface area contributed by atoms with E-state index in [0.29, 0.717) is 17.6 Å². The number of carbonyl (C=O) groups is 1. The molecule has 0 amide bonds. The summed E-state index contributed by atoms with van der Waals surface area (Å²) in [4.78, 5) is 12.7. The molecule has 2 aromatic rings. The van der Waals surface area contributed by atoms with Crippen molar-refractivity contribution >= 4 is 17.5 Å². The summed E-state index contributed by atoms with van der Waals surface area (Å²) in [7, 11) is 0. The van der Waals surface area contributed by atoms with E-state index in [2.05, 4.69) is 36.2 Å². The Labute approximate surface area is 146 Å². The van der Waals surface area contributed by atoms with Gasteiger partial charge in [-0.1, -0.05) is 37.7 Å². The zero-order valence-corrected chi connectivity index (χ0v) is 15.0. The molecule has 0 aliphatic heterocycles. The Morgan fingerprint density at radius 3 is 2.71 bits per heavy atom. The summed E-state index contributed by atoms with van der Waals surface area (Å²) >= 11 is 1.42. The molecular formula is C18H23N3O2S. The SMILES string of the molecule is CCc1ccc(CC)c(C(=O)CSc2nnc(CO)n2C2CC2)c1. The molecule has 0 unspecified atom stereocenters. The van der Waals surface area contributed by atoms with E-state index in [-0.39, 0.29) is 12.4 Å². The minimum atomic E-state index is -0.115. The van der Waals surface area contributed by atoms with Gasteiger partial charge in [0.15, 0.2) is 16.8 Å². The summed E-state index contributed by atoms with van der Waals surface area (Å²) in [6, 6.07) is 6.56. The lowest BCUT2D eigenvalue weighted by atomic mass is 9.98. The molecule has 1 aromatic heterocycles. The van der Waals surface area contributed by atoms with Gasteiger partial charge in [-0.05, 0) is 42.9 Å². The zero-order valence-electron chi connectivity index (χ0n) is 14.2. The molecule has 6 heteroatoms. The number of ketones is 1. The van der Waals surface area contributed by atoms with Crippen molar-refractivity contribution in [3.63, 3.8) is 0 Å². The highest BCUT2D eigenvalue weighted by Gasteiger charge is 2.29. The van der Waals surface area contributed by atoms with E-state index in [4.69, 9.17) is 0 Å². The molecule has 5 nitrogen and oxygen atoms in total. The third kappa shape index (κ3) is 3.54. The number of thioether (sulfide) groups is 1. The van der Waals surface area contributed by atoms with Crippen LogP contribution in [0.15, 0.2) is 23.4 Å². The molecule has 1 saturated carbocycles. The number of nitrogens with zero attached hydrogens (tertiary/aromatic N) is 3. The van der Waals surface area contributed by atoms with Gasteiger partial charge in [0.1, 0.15) is 6.61 Å². The van der Waals surface area contributed by atoms with Gasteiger partial charge in [-0.2, -0.15) is 0 Å². The molecule has 1 aliphatic carbocycles. The van der Waals surface area contributed by atoms with Crippen LogP contribution in [0, 0.1) is 0 Å².